The van der Waals surface area contributed by atoms with Gasteiger partial charge in [-0.05, 0) is 6.92 Å². The molecule has 0 aliphatic carbocycles. The average molecular weight is 155 g/mol. The van der Waals surface area contributed by atoms with E-state index < -0.39 is 0 Å². The SMILES string of the molecule is CCn1ncc(COC)c1N. The van der Waals surface area contributed by atoms with Crippen molar-refractivity contribution in [1.82, 2.24) is 9.78 Å². The molecule has 4 nitrogen and oxygen atoms in total. The Morgan fingerprint density at radius 2 is 2.45 bits per heavy atom. The van der Waals surface area contributed by atoms with Crippen LogP contribution in [0, 0.1) is 0 Å². The number of hydrogen-bond acceptors (Lipinski definition) is 3. The molecule has 0 fully saturated rings. The summed E-state index contributed by atoms with van der Waals surface area (Å²) in [6, 6.07) is 0. The molecule has 1 aromatic rings. The summed E-state index contributed by atoms with van der Waals surface area (Å²) in [4.78, 5) is 0. The van der Waals surface area contributed by atoms with Crippen LogP contribution < -0.4 is 5.73 Å². The van der Waals surface area contributed by atoms with E-state index in [0.717, 1.165) is 12.1 Å². The zero-order chi connectivity index (χ0) is 8.27. The maximum absolute atomic E-state index is 5.72. The number of ether oxygens (including phenoxy) is 1. The Balaban J connectivity index is 2.82. The molecule has 0 bridgehead atoms. The minimum atomic E-state index is 0.534. The van der Waals surface area contributed by atoms with Crippen LogP contribution in [-0.4, -0.2) is 16.9 Å². The molecule has 4 heteroatoms. The number of nitrogen functional groups attached to an aromatic ring is 1. The first-order valence-corrected chi connectivity index (χ1v) is 3.58. The van der Waals surface area contributed by atoms with E-state index in [-0.39, 0.29) is 0 Å². The maximum atomic E-state index is 5.72. The van der Waals surface area contributed by atoms with E-state index in [1.54, 1.807) is 18.0 Å². The Labute approximate surface area is 66.0 Å². The quantitative estimate of drug-likeness (QED) is 0.696. The van der Waals surface area contributed by atoms with Crippen molar-refractivity contribution in [3.63, 3.8) is 0 Å². The standard InChI is InChI=1S/C7H13N3O/c1-3-10-7(8)6(4-9-10)5-11-2/h4H,3,5,8H2,1-2H3. The number of methoxy groups -OCH3 is 1. The second kappa shape index (κ2) is 3.39. The van der Waals surface area contributed by atoms with Crippen LogP contribution in [0.5, 0.6) is 0 Å². The van der Waals surface area contributed by atoms with Gasteiger partial charge in [0.25, 0.3) is 0 Å². The fourth-order valence-corrected chi connectivity index (χ4v) is 0.952. The first-order valence-electron chi connectivity index (χ1n) is 3.58. The summed E-state index contributed by atoms with van der Waals surface area (Å²) < 4.78 is 6.68. The number of nitrogens with zero attached hydrogens (tertiary/aromatic N) is 2. The monoisotopic (exact) mass is 155 g/mol. The molecule has 11 heavy (non-hydrogen) atoms. The van der Waals surface area contributed by atoms with Crippen LogP contribution in [0.25, 0.3) is 0 Å². The lowest BCUT2D eigenvalue weighted by Gasteiger charge is -2.00. The van der Waals surface area contributed by atoms with Gasteiger partial charge < -0.3 is 10.5 Å². The summed E-state index contributed by atoms with van der Waals surface area (Å²) in [5.41, 5.74) is 6.67. The fourth-order valence-electron chi connectivity index (χ4n) is 0.952. The normalized spacial score (nSPS) is 10.4. The third kappa shape index (κ3) is 1.51. The third-order valence-electron chi connectivity index (χ3n) is 1.56. The lowest BCUT2D eigenvalue weighted by Crippen LogP contribution is -2.03. The van der Waals surface area contributed by atoms with Crippen molar-refractivity contribution in [2.75, 3.05) is 12.8 Å². The Morgan fingerprint density at radius 3 is 2.91 bits per heavy atom. The number of aryl methyl sites for hydroxylation is 1. The number of nitrogens with two attached hydrogens (primary N) is 1. The highest BCUT2D eigenvalue weighted by molar-refractivity contribution is 5.37. The van der Waals surface area contributed by atoms with Gasteiger partial charge in [0.05, 0.1) is 12.8 Å². The highest BCUT2D eigenvalue weighted by Crippen LogP contribution is 2.10. The molecule has 0 aliphatic heterocycles. The number of aromatic nitrogens is 2. The summed E-state index contributed by atoms with van der Waals surface area (Å²) in [5.74, 6) is 0.703. The highest BCUT2D eigenvalue weighted by atomic mass is 16.5. The molecule has 0 aromatic carbocycles. The predicted octanol–water partition coefficient (Wildman–Crippen LogP) is 0.632. The zero-order valence-electron chi connectivity index (χ0n) is 6.87. The van der Waals surface area contributed by atoms with Crippen LogP contribution in [-0.2, 0) is 17.9 Å². The first-order chi connectivity index (χ1) is 5.29. The first kappa shape index (κ1) is 8.07. The van der Waals surface area contributed by atoms with Gasteiger partial charge in [-0.1, -0.05) is 0 Å². The molecule has 62 valence electrons. The molecule has 2 N–H and O–H groups in total. The van der Waals surface area contributed by atoms with Crippen LogP contribution in [0.4, 0.5) is 5.82 Å². The molecular weight excluding hydrogens is 142 g/mol. The van der Waals surface area contributed by atoms with E-state index in [4.69, 9.17) is 10.5 Å². The molecule has 0 atom stereocenters. The van der Waals surface area contributed by atoms with Crippen LogP contribution in [0.1, 0.15) is 12.5 Å². The minimum Gasteiger partial charge on any atom is -0.384 e. The van der Waals surface area contributed by atoms with E-state index in [0.29, 0.717) is 12.4 Å². The van der Waals surface area contributed by atoms with Gasteiger partial charge in [-0.3, -0.25) is 4.68 Å². The summed E-state index contributed by atoms with van der Waals surface area (Å²) >= 11 is 0. The minimum absolute atomic E-state index is 0.534. The largest absolute Gasteiger partial charge is 0.384 e. The maximum Gasteiger partial charge on any atom is 0.127 e. The Bertz CT molecular complexity index is 232. The van der Waals surface area contributed by atoms with Crippen LogP contribution in [0.3, 0.4) is 0 Å². The van der Waals surface area contributed by atoms with Crippen molar-refractivity contribution < 1.29 is 4.74 Å². The highest BCUT2D eigenvalue weighted by Gasteiger charge is 2.03. The predicted molar refractivity (Wildman–Crippen MR) is 43.0 cm³/mol. The summed E-state index contributed by atoms with van der Waals surface area (Å²) in [5, 5.41) is 4.06. The van der Waals surface area contributed by atoms with Gasteiger partial charge in [0.1, 0.15) is 5.82 Å². The molecule has 0 saturated heterocycles. The van der Waals surface area contributed by atoms with E-state index >= 15 is 0 Å². The molecule has 0 unspecified atom stereocenters. The molecule has 1 heterocycles. The van der Waals surface area contributed by atoms with Crippen molar-refractivity contribution in [3.05, 3.63) is 11.8 Å². The molecule has 0 aliphatic rings. The fraction of sp³-hybridized carbons (Fsp3) is 0.571. The van der Waals surface area contributed by atoms with Gasteiger partial charge in [0, 0.05) is 19.2 Å². The van der Waals surface area contributed by atoms with Gasteiger partial charge in [-0.2, -0.15) is 5.10 Å². The van der Waals surface area contributed by atoms with E-state index in [1.165, 1.54) is 0 Å². The van der Waals surface area contributed by atoms with Crippen molar-refractivity contribution in [2.45, 2.75) is 20.1 Å². The Morgan fingerprint density at radius 1 is 1.73 bits per heavy atom. The van der Waals surface area contributed by atoms with E-state index in [1.807, 2.05) is 6.92 Å². The van der Waals surface area contributed by atoms with Crippen molar-refractivity contribution >= 4 is 5.82 Å². The lowest BCUT2D eigenvalue weighted by molar-refractivity contribution is 0.185. The smallest absolute Gasteiger partial charge is 0.127 e. The summed E-state index contributed by atoms with van der Waals surface area (Å²) in [7, 11) is 1.64. The molecule has 0 saturated carbocycles. The van der Waals surface area contributed by atoms with Crippen molar-refractivity contribution in [1.29, 1.82) is 0 Å². The van der Waals surface area contributed by atoms with Gasteiger partial charge >= 0.3 is 0 Å². The second-order valence-corrected chi connectivity index (χ2v) is 2.30. The molecule has 0 radical (unpaired) electrons. The molecule has 1 aromatic heterocycles. The van der Waals surface area contributed by atoms with Crippen LogP contribution >= 0.6 is 0 Å². The van der Waals surface area contributed by atoms with Gasteiger partial charge in [-0.15, -0.1) is 0 Å². The Hall–Kier alpha value is -1.03. The second-order valence-electron chi connectivity index (χ2n) is 2.30. The summed E-state index contributed by atoms with van der Waals surface area (Å²) in [6.45, 7) is 3.33. The molecule has 0 spiro atoms. The van der Waals surface area contributed by atoms with Crippen LogP contribution in [0.15, 0.2) is 6.20 Å². The zero-order valence-corrected chi connectivity index (χ0v) is 6.87. The van der Waals surface area contributed by atoms with Gasteiger partial charge in [-0.25, -0.2) is 0 Å². The lowest BCUT2D eigenvalue weighted by atomic mass is 10.3. The topological polar surface area (TPSA) is 53.1 Å². The van der Waals surface area contributed by atoms with E-state index in [2.05, 4.69) is 5.10 Å². The summed E-state index contributed by atoms with van der Waals surface area (Å²) in [6.07, 6.45) is 1.74. The number of anilines is 1. The van der Waals surface area contributed by atoms with E-state index in [9.17, 15) is 0 Å². The third-order valence-corrected chi connectivity index (χ3v) is 1.56. The van der Waals surface area contributed by atoms with Crippen molar-refractivity contribution in [2.24, 2.45) is 0 Å². The molecular formula is C7H13N3O. The van der Waals surface area contributed by atoms with Gasteiger partial charge in [0.2, 0.25) is 0 Å². The van der Waals surface area contributed by atoms with Crippen LogP contribution in [0.2, 0.25) is 0 Å². The van der Waals surface area contributed by atoms with Crippen molar-refractivity contribution in [3.8, 4) is 0 Å². The van der Waals surface area contributed by atoms with Gasteiger partial charge in [0.15, 0.2) is 0 Å². The number of hydrogen-bond donors (Lipinski definition) is 1. The molecule has 1 rings (SSSR count). The average Bonchev–Trinajstić information content (AvgIpc) is 2.34. The number of rotatable bonds is 3. The Kier molecular flexibility index (Phi) is 2.48. The molecule has 0 amide bonds.